The van der Waals surface area contributed by atoms with Gasteiger partial charge < -0.3 is 54.5 Å². The summed E-state index contributed by atoms with van der Waals surface area (Å²) in [5.41, 5.74) is 8.54. The fourth-order valence-corrected chi connectivity index (χ4v) is 5.08. The predicted octanol–water partition coefficient (Wildman–Crippen LogP) is 2.09. The number of amides is 1. The van der Waals surface area contributed by atoms with E-state index in [1.165, 1.54) is 0 Å². The molecule has 16 heteroatoms. The van der Waals surface area contributed by atoms with Crippen molar-refractivity contribution >= 4 is 33.7 Å². The normalized spacial score (nSPS) is 11.6. The number of unbranched alkanes of at least 4 members (excludes halogenated alkanes) is 1. The summed E-state index contributed by atoms with van der Waals surface area (Å²) in [4.78, 5) is 26.7. The lowest BCUT2D eigenvalue weighted by Gasteiger charge is -2.12. The van der Waals surface area contributed by atoms with Crippen molar-refractivity contribution < 1.29 is 38.3 Å². The molecule has 0 saturated heterocycles. The van der Waals surface area contributed by atoms with Gasteiger partial charge in [-0.1, -0.05) is 0 Å². The van der Waals surface area contributed by atoms with Crippen molar-refractivity contribution in [3.8, 4) is 17.1 Å². The van der Waals surface area contributed by atoms with Crippen LogP contribution in [-0.2, 0) is 39.8 Å². The zero-order valence-corrected chi connectivity index (χ0v) is 29.2. The molecule has 0 saturated carbocycles. The van der Waals surface area contributed by atoms with Crippen molar-refractivity contribution in [2.24, 2.45) is 5.73 Å². The topological polar surface area (TPSA) is 193 Å². The summed E-state index contributed by atoms with van der Waals surface area (Å²) in [6.45, 7) is 7.42. The average Bonchev–Trinajstić information content (AvgIpc) is 3.70. The first kappa shape index (κ1) is 38.9. The number of H-pyrrole nitrogens is 1. The van der Waals surface area contributed by atoms with Crippen LogP contribution in [0.3, 0.4) is 0 Å². The van der Waals surface area contributed by atoms with Gasteiger partial charge in [0, 0.05) is 51.1 Å². The molecule has 0 aliphatic rings. The summed E-state index contributed by atoms with van der Waals surface area (Å²) in [7, 11) is 3.88. The highest BCUT2D eigenvalue weighted by Gasteiger charge is 2.20. The number of nitrogens with one attached hydrogen (secondary N) is 2. The third-order valence-electron chi connectivity index (χ3n) is 7.51. The molecule has 50 heavy (non-hydrogen) atoms. The monoisotopic (exact) mass is 700 g/mol. The number of benzene rings is 1. The van der Waals surface area contributed by atoms with Gasteiger partial charge in [-0.25, -0.2) is 14.6 Å². The highest BCUT2D eigenvalue weighted by Crippen LogP contribution is 2.34. The van der Waals surface area contributed by atoms with Crippen LogP contribution in [0.1, 0.15) is 19.3 Å². The van der Waals surface area contributed by atoms with Crippen molar-refractivity contribution in [1.29, 1.82) is 0 Å². The van der Waals surface area contributed by atoms with Crippen LogP contribution in [0.2, 0.25) is 0 Å². The molecule has 0 atom stereocenters. The summed E-state index contributed by atoms with van der Waals surface area (Å²) in [6.07, 6.45) is 3.41. The van der Waals surface area contributed by atoms with Crippen molar-refractivity contribution in [3.05, 3.63) is 30.6 Å². The quantitative estimate of drug-likeness (QED) is 0.0662. The van der Waals surface area contributed by atoms with Gasteiger partial charge in [0.05, 0.1) is 90.4 Å². The Morgan fingerprint density at radius 3 is 2.10 bits per heavy atom. The molecule has 4 rings (SSSR count). The van der Waals surface area contributed by atoms with E-state index < -0.39 is 0 Å². The lowest BCUT2D eigenvalue weighted by atomic mass is 10.2. The highest BCUT2D eigenvalue weighted by molar-refractivity contribution is 6.00. The lowest BCUT2D eigenvalue weighted by Crippen LogP contribution is -2.26. The van der Waals surface area contributed by atoms with E-state index in [1.807, 2.05) is 35.8 Å². The Hall–Kier alpha value is -3.90. The van der Waals surface area contributed by atoms with Crippen molar-refractivity contribution in [2.45, 2.75) is 25.8 Å². The van der Waals surface area contributed by atoms with E-state index in [0.717, 1.165) is 52.0 Å². The van der Waals surface area contributed by atoms with Gasteiger partial charge in [-0.2, -0.15) is 5.10 Å². The number of anilines is 1. The third-order valence-corrected chi connectivity index (χ3v) is 7.51. The minimum absolute atomic E-state index is 0.0512. The first-order valence-electron chi connectivity index (χ1n) is 17.1. The maximum absolute atomic E-state index is 12.3. The summed E-state index contributed by atoms with van der Waals surface area (Å²) in [6, 6.07) is 7.18. The second kappa shape index (κ2) is 22.0. The number of hydrogen-bond donors (Lipinski definition) is 4. The van der Waals surface area contributed by atoms with E-state index in [4.69, 9.17) is 39.3 Å². The zero-order valence-electron chi connectivity index (χ0n) is 29.2. The molecule has 0 aliphatic heterocycles. The number of aromatic amines is 1. The number of hydrogen-bond acceptors (Lipinski definition) is 13. The fraction of sp³-hybridized carbons (Fsp3) is 0.588. The molecule has 4 aromatic rings. The Morgan fingerprint density at radius 2 is 1.48 bits per heavy atom. The number of phenolic OH excluding ortho intramolecular Hbond substituents is 1. The molecule has 1 amide bonds. The van der Waals surface area contributed by atoms with E-state index in [2.05, 4.69) is 20.3 Å². The number of aryl methyl sites for hydroxylation is 1. The van der Waals surface area contributed by atoms with Gasteiger partial charge in [0.15, 0.2) is 5.65 Å². The Labute approximate surface area is 292 Å². The molecule has 3 aromatic heterocycles. The van der Waals surface area contributed by atoms with Crippen LogP contribution in [0, 0.1) is 0 Å². The predicted molar refractivity (Wildman–Crippen MR) is 189 cm³/mol. The number of nitrogens with two attached hydrogens (primary N) is 1. The van der Waals surface area contributed by atoms with E-state index in [0.29, 0.717) is 98.9 Å². The van der Waals surface area contributed by atoms with Crippen molar-refractivity contribution in [3.63, 3.8) is 0 Å². The van der Waals surface area contributed by atoms with Crippen LogP contribution in [-0.4, -0.2) is 142 Å². The number of carbonyl (C=O) groups excluding carboxylic acids is 1. The van der Waals surface area contributed by atoms with Gasteiger partial charge >= 0.3 is 0 Å². The smallest absolute Gasteiger partial charge is 0.222 e. The van der Waals surface area contributed by atoms with Crippen LogP contribution in [0.15, 0.2) is 30.6 Å². The van der Waals surface area contributed by atoms with Crippen LogP contribution in [0.5, 0.6) is 5.75 Å². The summed E-state index contributed by atoms with van der Waals surface area (Å²) >= 11 is 0. The maximum Gasteiger partial charge on any atom is 0.222 e. The Morgan fingerprint density at radius 1 is 0.860 bits per heavy atom. The molecule has 0 unspecified atom stereocenters. The second-order valence-corrected chi connectivity index (χ2v) is 11.6. The number of rotatable bonds is 27. The van der Waals surface area contributed by atoms with E-state index in [-0.39, 0.29) is 18.1 Å². The van der Waals surface area contributed by atoms with Crippen LogP contribution in [0.4, 0.5) is 5.82 Å². The third kappa shape index (κ3) is 12.8. The molecule has 0 radical (unpaired) electrons. The molecule has 1 aromatic carbocycles. The highest BCUT2D eigenvalue weighted by atomic mass is 16.6. The molecule has 16 nitrogen and oxygen atoms in total. The number of aromatic nitrogens is 5. The molecule has 5 N–H and O–H groups in total. The molecular formula is C34H52N8O8. The number of fused-ring (bicyclic) bond motifs is 2. The van der Waals surface area contributed by atoms with Gasteiger partial charge in [0.2, 0.25) is 5.91 Å². The Bertz CT molecular complexity index is 1560. The van der Waals surface area contributed by atoms with Gasteiger partial charge in [-0.3, -0.25) is 4.79 Å². The summed E-state index contributed by atoms with van der Waals surface area (Å²) in [5.74, 6) is 0.922. The SMILES string of the molecule is CN(C)c1ncnc2c1c(-c1cc3cc(O)ccc3[nH]1)nn2CCCCNC(=O)CCOCCOCCOCCOCCOCCOCCN. The van der Waals surface area contributed by atoms with Gasteiger partial charge in [0.1, 0.15) is 23.6 Å². The molecule has 0 fully saturated rings. The average molecular weight is 701 g/mol. The number of aromatic hydroxyl groups is 1. The minimum Gasteiger partial charge on any atom is -0.508 e. The molecule has 0 spiro atoms. The largest absolute Gasteiger partial charge is 0.508 e. The van der Waals surface area contributed by atoms with Crippen molar-refractivity contribution in [2.75, 3.05) is 111 Å². The molecule has 0 bridgehead atoms. The molecular weight excluding hydrogens is 648 g/mol. The van der Waals surface area contributed by atoms with E-state index >= 15 is 0 Å². The zero-order chi connectivity index (χ0) is 35.4. The summed E-state index contributed by atoms with van der Waals surface area (Å²) < 4.78 is 34.4. The van der Waals surface area contributed by atoms with Gasteiger partial charge in [0.25, 0.3) is 0 Å². The molecule has 276 valence electrons. The number of phenols is 1. The van der Waals surface area contributed by atoms with Gasteiger partial charge in [-0.15, -0.1) is 0 Å². The molecule has 0 aliphatic carbocycles. The fourth-order valence-electron chi connectivity index (χ4n) is 5.08. The lowest BCUT2D eigenvalue weighted by molar-refractivity contribution is -0.122. The van der Waals surface area contributed by atoms with Crippen LogP contribution >= 0.6 is 0 Å². The Kier molecular flexibility index (Phi) is 17.1. The molecule has 3 heterocycles. The summed E-state index contributed by atoms with van der Waals surface area (Å²) in [5, 5.41) is 19.5. The Balaban J connectivity index is 1.04. The second-order valence-electron chi connectivity index (χ2n) is 11.6. The number of carbonyl (C=O) groups is 1. The standard InChI is InChI=1S/C34H52N8O8/c1-41(2)33-31-32(29-24-26-23-27(43)5-6-28(26)39-29)40-42(34(31)38-25-37-33)10-4-3-9-36-30(44)7-11-45-13-15-47-17-19-49-21-22-50-20-18-48-16-14-46-12-8-35/h5-6,23-25,39,43H,3-4,7-22,35H2,1-2H3,(H,36,44). The van der Waals surface area contributed by atoms with Gasteiger partial charge in [-0.05, 0) is 37.1 Å². The maximum atomic E-state index is 12.3. The minimum atomic E-state index is -0.0512. The van der Waals surface area contributed by atoms with Crippen LogP contribution in [0.25, 0.3) is 33.3 Å². The van der Waals surface area contributed by atoms with E-state index in [1.54, 1.807) is 18.5 Å². The first-order chi connectivity index (χ1) is 24.5. The number of nitrogens with zero attached hydrogens (tertiary/aromatic N) is 5. The first-order valence-corrected chi connectivity index (χ1v) is 17.1. The van der Waals surface area contributed by atoms with Crippen molar-refractivity contribution in [1.82, 2.24) is 30.0 Å². The van der Waals surface area contributed by atoms with E-state index in [9.17, 15) is 9.90 Å². The number of ether oxygens (including phenoxy) is 6. The van der Waals surface area contributed by atoms with Crippen LogP contribution < -0.4 is 16.0 Å².